The Kier molecular flexibility index (Phi) is 5.00. The predicted molar refractivity (Wildman–Crippen MR) is 119 cm³/mol. The first-order chi connectivity index (χ1) is 14.2. The molecule has 29 heavy (non-hydrogen) atoms. The van der Waals surface area contributed by atoms with Gasteiger partial charge in [0.05, 0.1) is 11.0 Å². The molecule has 0 N–H and O–H groups in total. The van der Waals surface area contributed by atoms with Gasteiger partial charge in [-0.15, -0.1) is 0 Å². The van der Waals surface area contributed by atoms with Crippen LogP contribution in [0, 0.1) is 11.8 Å². The second-order valence-electron chi connectivity index (χ2n) is 8.65. The molecule has 0 amide bonds. The molecule has 1 aliphatic carbocycles. The average Bonchev–Trinajstić information content (AvgIpc) is 3.17. The minimum atomic E-state index is 0.134. The molecule has 2 heterocycles. The molecular formula is C24H28ClN3O. The van der Waals surface area contributed by atoms with E-state index in [0.717, 1.165) is 67.0 Å². The van der Waals surface area contributed by atoms with E-state index in [0.29, 0.717) is 5.92 Å². The summed E-state index contributed by atoms with van der Waals surface area (Å²) in [4.78, 5) is 15.5. The number of rotatable bonds is 6. The number of benzene rings is 2. The summed E-state index contributed by atoms with van der Waals surface area (Å²) >= 11 is 6.05. The van der Waals surface area contributed by atoms with Crippen molar-refractivity contribution in [3.63, 3.8) is 0 Å². The highest BCUT2D eigenvalue weighted by atomic mass is 35.5. The Balaban J connectivity index is 1.28. The lowest BCUT2D eigenvalue weighted by Gasteiger charge is -2.40. The van der Waals surface area contributed by atoms with E-state index in [1.807, 2.05) is 33.4 Å². The van der Waals surface area contributed by atoms with Crippen LogP contribution in [0.25, 0.3) is 11.0 Å². The second-order valence-corrected chi connectivity index (χ2v) is 9.09. The molecule has 3 atom stereocenters. The predicted octanol–water partition coefficient (Wildman–Crippen LogP) is 4.60. The lowest BCUT2D eigenvalue weighted by atomic mass is 9.64. The number of halogens is 1. The van der Waals surface area contributed by atoms with Crippen LogP contribution in [-0.2, 0) is 13.1 Å². The molecule has 2 aliphatic rings. The van der Waals surface area contributed by atoms with Crippen LogP contribution in [0.2, 0.25) is 5.02 Å². The number of hydrogen-bond donors (Lipinski definition) is 0. The first kappa shape index (κ1) is 19.0. The molecule has 0 spiro atoms. The van der Waals surface area contributed by atoms with Crippen molar-refractivity contribution in [2.45, 2.75) is 38.8 Å². The molecule has 2 aromatic carbocycles. The van der Waals surface area contributed by atoms with Crippen molar-refractivity contribution in [2.75, 3.05) is 19.6 Å². The van der Waals surface area contributed by atoms with Crippen molar-refractivity contribution >= 4 is 22.6 Å². The summed E-state index contributed by atoms with van der Waals surface area (Å²) in [7, 11) is 0. The van der Waals surface area contributed by atoms with Gasteiger partial charge < -0.3 is 4.90 Å². The summed E-state index contributed by atoms with van der Waals surface area (Å²) in [5, 5.41) is 0.811. The number of likely N-dealkylation sites (tertiary alicyclic amines) is 1. The van der Waals surface area contributed by atoms with E-state index in [2.05, 4.69) is 36.1 Å². The van der Waals surface area contributed by atoms with E-state index in [1.165, 1.54) is 12.0 Å². The topological polar surface area (TPSA) is 30.2 Å². The normalized spacial score (nSPS) is 24.0. The van der Waals surface area contributed by atoms with Gasteiger partial charge in [-0.1, -0.05) is 42.8 Å². The molecule has 5 heteroatoms. The van der Waals surface area contributed by atoms with E-state index >= 15 is 0 Å². The minimum Gasteiger partial charge on any atom is -0.301 e. The van der Waals surface area contributed by atoms with E-state index in [4.69, 9.17) is 11.6 Å². The third-order valence-electron chi connectivity index (χ3n) is 6.95. The van der Waals surface area contributed by atoms with Crippen LogP contribution in [0.3, 0.4) is 0 Å². The maximum Gasteiger partial charge on any atom is 0.329 e. The van der Waals surface area contributed by atoms with Gasteiger partial charge in [-0.25, -0.2) is 4.79 Å². The van der Waals surface area contributed by atoms with Crippen LogP contribution < -0.4 is 5.69 Å². The Labute approximate surface area is 176 Å². The molecule has 0 radical (unpaired) electrons. The highest BCUT2D eigenvalue weighted by Gasteiger charge is 2.47. The third-order valence-corrected chi connectivity index (χ3v) is 7.20. The fourth-order valence-electron chi connectivity index (χ4n) is 5.44. The molecule has 4 nitrogen and oxygen atoms in total. The van der Waals surface area contributed by atoms with Crippen LogP contribution in [0.5, 0.6) is 0 Å². The van der Waals surface area contributed by atoms with Crippen molar-refractivity contribution in [3.8, 4) is 0 Å². The van der Waals surface area contributed by atoms with E-state index < -0.39 is 0 Å². The minimum absolute atomic E-state index is 0.134. The van der Waals surface area contributed by atoms with E-state index in [9.17, 15) is 4.79 Å². The van der Waals surface area contributed by atoms with Crippen molar-refractivity contribution in [1.29, 1.82) is 0 Å². The molecule has 2 fully saturated rings. The zero-order valence-corrected chi connectivity index (χ0v) is 17.7. The number of aryl methyl sites for hydroxylation is 1. The Morgan fingerprint density at radius 1 is 0.931 bits per heavy atom. The van der Waals surface area contributed by atoms with Crippen LogP contribution >= 0.6 is 11.6 Å². The summed E-state index contributed by atoms with van der Waals surface area (Å²) in [5.74, 6) is 2.21. The van der Waals surface area contributed by atoms with Crippen molar-refractivity contribution in [3.05, 3.63) is 69.6 Å². The van der Waals surface area contributed by atoms with Gasteiger partial charge in [0.1, 0.15) is 0 Å². The number of para-hydroxylation sites is 2. The van der Waals surface area contributed by atoms with Gasteiger partial charge >= 0.3 is 5.69 Å². The highest BCUT2D eigenvalue weighted by Crippen LogP contribution is 2.51. The van der Waals surface area contributed by atoms with E-state index in [1.54, 1.807) is 0 Å². The summed E-state index contributed by atoms with van der Waals surface area (Å²) in [5.41, 5.74) is 3.68. The quantitative estimate of drug-likeness (QED) is 0.595. The van der Waals surface area contributed by atoms with Gasteiger partial charge in [-0.3, -0.25) is 9.13 Å². The summed E-state index contributed by atoms with van der Waals surface area (Å²) < 4.78 is 3.90. The van der Waals surface area contributed by atoms with Crippen molar-refractivity contribution < 1.29 is 0 Å². The Bertz CT molecular complexity index is 1070. The summed E-state index contributed by atoms with van der Waals surface area (Å²) in [6.45, 7) is 6.91. The molecule has 3 aromatic rings. The zero-order chi connectivity index (χ0) is 20.0. The first-order valence-electron chi connectivity index (χ1n) is 10.8. The van der Waals surface area contributed by atoms with Crippen LogP contribution in [0.1, 0.15) is 31.2 Å². The van der Waals surface area contributed by atoms with Crippen molar-refractivity contribution in [2.24, 2.45) is 11.8 Å². The summed E-state index contributed by atoms with van der Waals surface area (Å²) in [6.07, 6.45) is 2.24. The summed E-state index contributed by atoms with van der Waals surface area (Å²) in [6, 6.07) is 16.6. The van der Waals surface area contributed by atoms with Gasteiger partial charge in [-0.05, 0) is 60.4 Å². The number of aromatic nitrogens is 2. The van der Waals surface area contributed by atoms with Gasteiger partial charge in [0, 0.05) is 37.7 Å². The molecule has 152 valence electrons. The molecule has 0 bridgehead atoms. The highest BCUT2D eigenvalue weighted by molar-refractivity contribution is 6.30. The fraction of sp³-hybridized carbons (Fsp3) is 0.458. The largest absolute Gasteiger partial charge is 0.329 e. The molecular weight excluding hydrogens is 382 g/mol. The lowest BCUT2D eigenvalue weighted by molar-refractivity contribution is 0.191. The third kappa shape index (κ3) is 3.32. The fourth-order valence-corrected chi connectivity index (χ4v) is 5.57. The zero-order valence-electron chi connectivity index (χ0n) is 16.9. The molecule has 5 rings (SSSR count). The molecule has 1 saturated carbocycles. The smallest absolute Gasteiger partial charge is 0.301 e. The standard InChI is InChI=1S/C24H28ClN3O/c1-2-11-27-22-5-3-4-6-23(22)28(24(27)29)13-12-26-15-18-14-20(21(18)16-26)17-7-9-19(25)10-8-17/h3-10,18,20-21H,2,11-16H2,1H3. The van der Waals surface area contributed by atoms with Gasteiger partial charge in [0.15, 0.2) is 0 Å². The maximum atomic E-state index is 13.0. The maximum absolute atomic E-state index is 13.0. The van der Waals surface area contributed by atoms with Gasteiger partial charge in [0.2, 0.25) is 0 Å². The van der Waals surface area contributed by atoms with Crippen molar-refractivity contribution in [1.82, 2.24) is 14.0 Å². The Morgan fingerprint density at radius 2 is 1.62 bits per heavy atom. The monoisotopic (exact) mass is 409 g/mol. The van der Waals surface area contributed by atoms with Crippen LogP contribution in [-0.4, -0.2) is 33.7 Å². The lowest BCUT2D eigenvalue weighted by Crippen LogP contribution is -2.33. The molecule has 3 unspecified atom stereocenters. The first-order valence-corrected chi connectivity index (χ1v) is 11.2. The van der Waals surface area contributed by atoms with Gasteiger partial charge in [-0.2, -0.15) is 0 Å². The molecule has 1 aliphatic heterocycles. The van der Waals surface area contributed by atoms with E-state index in [-0.39, 0.29) is 5.69 Å². The van der Waals surface area contributed by atoms with Crippen LogP contribution in [0.4, 0.5) is 0 Å². The SMILES string of the molecule is CCCn1c(=O)n(CCN2CC3CC(c4ccc(Cl)cc4)C3C2)c2ccccc21. The number of hydrogen-bond acceptors (Lipinski definition) is 2. The molecule has 1 saturated heterocycles. The van der Waals surface area contributed by atoms with Gasteiger partial charge in [0.25, 0.3) is 0 Å². The number of nitrogens with zero attached hydrogens (tertiary/aromatic N) is 3. The number of imidazole rings is 1. The Hall–Kier alpha value is -2.04. The Morgan fingerprint density at radius 3 is 2.31 bits per heavy atom. The van der Waals surface area contributed by atoms with Crippen LogP contribution in [0.15, 0.2) is 53.3 Å². The second kappa shape index (κ2) is 7.66. The molecule has 1 aromatic heterocycles. The average molecular weight is 410 g/mol. The number of fused-ring (bicyclic) bond motifs is 2.